The predicted octanol–water partition coefficient (Wildman–Crippen LogP) is 5.53. The number of pyridine rings is 1. The molecule has 0 atom stereocenters. The maximum absolute atomic E-state index is 13.0. The number of para-hydroxylation sites is 1. The Hall–Kier alpha value is -4.96. The van der Waals surface area contributed by atoms with Crippen LogP contribution in [0.15, 0.2) is 91.4 Å². The molecule has 4 N–H and O–H groups in total. The van der Waals surface area contributed by atoms with Crippen LogP contribution in [0.2, 0.25) is 0 Å². The lowest BCUT2D eigenvalue weighted by molar-refractivity contribution is 0.102. The van der Waals surface area contributed by atoms with E-state index in [-0.39, 0.29) is 5.91 Å². The summed E-state index contributed by atoms with van der Waals surface area (Å²) in [4.78, 5) is 23.2. The second-order valence-corrected chi connectivity index (χ2v) is 9.38. The number of rotatable bonds is 6. The zero-order valence-electron chi connectivity index (χ0n) is 19.8. The van der Waals surface area contributed by atoms with Crippen LogP contribution in [-0.4, -0.2) is 30.1 Å². The highest BCUT2D eigenvalue weighted by Crippen LogP contribution is 2.34. The van der Waals surface area contributed by atoms with Crippen molar-refractivity contribution in [3.05, 3.63) is 103 Å². The van der Waals surface area contributed by atoms with E-state index in [0.717, 1.165) is 38.4 Å². The van der Waals surface area contributed by atoms with Crippen LogP contribution in [0.3, 0.4) is 0 Å². The number of amides is 1. The van der Waals surface area contributed by atoms with E-state index >= 15 is 0 Å². The molecular weight excluding hydrogens is 484 g/mol. The average Bonchev–Trinajstić information content (AvgIpc) is 3.61. The molecule has 0 aliphatic carbocycles. The molecule has 0 saturated carbocycles. The lowest BCUT2D eigenvalue weighted by atomic mass is 10.2. The van der Waals surface area contributed by atoms with Gasteiger partial charge in [-0.05, 0) is 49.4 Å². The molecule has 6 aromatic rings. The van der Waals surface area contributed by atoms with Crippen molar-refractivity contribution in [1.82, 2.24) is 24.1 Å². The van der Waals surface area contributed by atoms with Gasteiger partial charge in [-0.2, -0.15) is 0 Å². The van der Waals surface area contributed by atoms with E-state index in [1.165, 1.54) is 11.3 Å². The van der Waals surface area contributed by atoms with Crippen molar-refractivity contribution in [3.63, 3.8) is 0 Å². The lowest BCUT2D eigenvalue weighted by Gasteiger charge is -2.07. The highest BCUT2D eigenvalue weighted by molar-refractivity contribution is 7.19. The number of carbonyl (C=O) groups excluding carboxylic acids is 1. The van der Waals surface area contributed by atoms with Gasteiger partial charge in [0.25, 0.3) is 5.91 Å². The predicted molar refractivity (Wildman–Crippen MR) is 147 cm³/mol. The van der Waals surface area contributed by atoms with Crippen LogP contribution in [0.5, 0.6) is 0 Å². The number of carbonyl (C=O) groups is 1. The number of thiazole rings is 1. The third-order valence-corrected chi connectivity index (χ3v) is 6.91. The molecular formula is C27H22N8OS. The van der Waals surface area contributed by atoms with Gasteiger partial charge in [-0.25, -0.2) is 14.6 Å². The first-order valence-corrected chi connectivity index (χ1v) is 12.4. The number of nitrogens with two attached hydrogens (primary N) is 1. The summed E-state index contributed by atoms with van der Waals surface area (Å²) in [6.07, 6.45) is 5.52. The van der Waals surface area contributed by atoms with Gasteiger partial charge in [-0.1, -0.05) is 41.7 Å². The minimum Gasteiger partial charge on any atom is -0.394 e. The lowest BCUT2D eigenvalue weighted by Crippen LogP contribution is -2.13. The molecule has 0 saturated heterocycles. The Morgan fingerprint density at radius 2 is 1.86 bits per heavy atom. The minimum absolute atomic E-state index is 0.306. The summed E-state index contributed by atoms with van der Waals surface area (Å²) in [5.41, 5.74) is 11.3. The van der Waals surface area contributed by atoms with Crippen LogP contribution < -0.4 is 16.4 Å². The van der Waals surface area contributed by atoms with Crippen molar-refractivity contribution in [1.29, 1.82) is 0 Å². The molecule has 4 heterocycles. The van der Waals surface area contributed by atoms with Crippen molar-refractivity contribution in [2.45, 2.75) is 6.92 Å². The van der Waals surface area contributed by atoms with Crippen LogP contribution in [0.25, 0.3) is 21.9 Å². The summed E-state index contributed by atoms with van der Waals surface area (Å²) in [5, 5.41) is 11.3. The van der Waals surface area contributed by atoms with Gasteiger partial charge in [0.1, 0.15) is 5.65 Å². The molecule has 0 bridgehead atoms. The van der Waals surface area contributed by atoms with Gasteiger partial charge in [0.05, 0.1) is 40.0 Å². The number of aromatic nitrogens is 5. The first kappa shape index (κ1) is 22.5. The summed E-state index contributed by atoms with van der Waals surface area (Å²) < 4.78 is 3.68. The van der Waals surface area contributed by atoms with Gasteiger partial charge < -0.3 is 16.4 Å². The SMILES string of the molecule is Cc1nc(Nc2cccc(C(=O)Nc3nn(-c4ccccc4)cc3N)c2)sc1-c1cnc2ccccn12. The summed E-state index contributed by atoms with van der Waals surface area (Å²) in [7, 11) is 0. The first-order valence-electron chi connectivity index (χ1n) is 11.5. The number of hydrogen-bond donors (Lipinski definition) is 3. The van der Waals surface area contributed by atoms with E-state index < -0.39 is 0 Å². The number of nitrogens with zero attached hydrogens (tertiary/aromatic N) is 5. The smallest absolute Gasteiger partial charge is 0.256 e. The fraction of sp³-hybridized carbons (Fsp3) is 0.0370. The quantitative estimate of drug-likeness (QED) is 0.274. The fourth-order valence-electron chi connectivity index (χ4n) is 4.03. The van der Waals surface area contributed by atoms with Gasteiger partial charge in [0, 0.05) is 17.4 Å². The van der Waals surface area contributed by atoms with Gasteiger partial charge in [0.2, 0.25) is 0 Å². The number of benzene rings is 2. The second kappa shape index (κ2) is 9.25. The molecule has 2 aromatic carbocycles. The standard InChI is InChI=1S/C27H22N8OS/c1-17-24(22-15-29-23-12-5-6-13-34(22)23)37-27(30-17)31-19-9-7-8-18(14-19)26(36)32-25-21(28)16-35(33-25)20-10-3-2-4-11-20/h2-16H,28H2,1H3,(H,30,31)(H,32,33,36). The highest BCUT2D eigenvalue weighted by atomic mass is 32.1. The highest BCUT2D eigenvalue weighted by Gasteiger charge is 2.16. The van der Waals surface area contributed by atoms with Crippen molar-refractivity contribution in [3.8, 4) is 16.3 Å². The van der Waals surface area contributed by atoms with Gasteiger partial charge >= 0.3 is 0 Å². The maximum atomic E-state index is 13.0. The largest absolute Gasteiger partial charge is 0.394 e. The number of aryl methyl sites for hydroxylation is 1. The number of nitrogen functional groups attached to an aromatic ring is 1. The molecule has 0 aliphatic rings. The third kappa shape index (κ3) is 4.41. The summed E-state index contributed by atoms with van der Waals surface area (Å²) >= 11 is 1.53. The zero-order chi connectivity index (χ0) is 25.4. The molecule has 0 aliphatic heterocycles. The van der Waals surface area contributed by atoms with Crippen molar-refractivity contribution in [2.24, 2.45) is 0 Å². The monoisotopic (exact) mass is 506 g/mol. The summed E-state index contributed by atoms with van der Waals surface area (Å²) in [6, 6.07) is 22.7. The molecule has 182 valence electrons. The molecule has 0 spiro atoms. The van der Waals surface area contributed by atoms with Gasteiger partial charge in [0.15, 0.2) is 10.9 Å². The van der Waals surface area contributed by atoms with Crippen LogP contribution in [0, 0.1) is 6.92 Å². The molecule has 9 nitrogen and oxygen atoms in total. The molecule has 0 unspecified atom stereocenters. The topological polar surface area (TPSA) is 115 Å². The number of nitrogens with one attached hydrogen (secondary N) is 2. The van der Waals surface area contributed by atoms with E-state index in [4.69, 9.17) is 10.7 Å². The van der Waals surface area contributed by atoms with Crippen molar-refractivity contribution >= 4 is 45.2 Å². The number of imidazole rings is 1. The minimum atomic E-state index is -0.310. The molecule has 1 amide bonds. The Morgan fingerprint density at radius 1 is 1.03 bits per heavy atom. The third-order valence-electron chi connectivity index (χ3n) is 5.82. The Kier molecular flexibility index (Phi) is 5.62. The summed E-state index contributed by atoms with van der Waals surface area (Å²) in [5.74, 6) is -0.00385. The second-order valence-electron chi connectivity index (χ2n) is 8.38. The molecule has 0 radical (unpaired) electrons. The summed E-state index contributed by atoms with van der Waals surface area (Å²) in [6.45, 7) is 1.97. The Bertz CT molecular complexity index is 1730. The van der Waals surface area contributed by atoms with Gasteiger partial charge in [-0.3, -0.25) is 9.20 Å². The fourth-order valence-corrected chi connectivity index (χ4v) is 5.02. The van der Waals surface area contributed by atoms with Gasteiger partial charge in [-0.15, -0.1) is 5.10 Å². The Morgan fingerprint density at radius 3 is 2.73 bits per heavy atom. The first-order chi connectivity index (χ1) is 18.0. The molecule has 6 rings (SSSR count). The van der Waals surface area contributed by atoms with Crippen LogP contribution >= 0.6 is 11.3 Å². The Labute approximate surface area is 216 Å². The van der Waals surface area contributed by atoms with E-state index in [1.54, 1.807) is 23.0 Å². The number of anilines is 4. The zero-order valence-corrected chi connectivity index (χ0v) is 20.6. The van der Waals surface area contributed by atoms with E-state index in [9.17, 15) is 4.79 Å². The number of hydrogen-bond acceptors (Lipinski definition) is 7. The molecule has 37 heavy (non-hydrogen) atoms. The van der Waals surface area contributed by atoms with Crippen LogP contribution in [0.1, 0.15) is 16.1 Å². The normalized spacial score (nSPS) is 11.1. The van der Waals surface area contributed by atoms with Crippen LogP contribution in [0.4, 0.5) is 22.3 Å². The molecule has 10 heteroatoms. The van der Waals surface area contributed by atoms with E-state index in [0.29, 0.717) is 17.1 Å². The molecule has 0 fully saturated rings. The van der Waals surface area contributed by atoms with Crippen molar-refractivity contribution in [2.75, 3.05) is 16.4 Å². The average molecular weight is 507 g/mol. The maximum Gasteiger partial charge on any atom is 0.256 e. The van der Waals surface area contributed by atoms with Crippen LogP contribution in [-0.2, 0) is 0 Å². The Balaban J connectivity index is 1.20. The number of fused-ring (bicyclic) bond motifs is 1. The van der Waals surface area contributed by atoms with Crippen molar-refractivity contribution < 1.29 is 4.79 Å². The van der Waals surface area contributed by atoms with E-state index in [1.807, 2.05) is 84.4 Å². The molecule has 4 aromatic heterocycles. The van der Waals surface area contributed by atoms with E-state index in [2.05, 4.69) is 20.7 Å².